The summed E-state index contributed by atoms with van der Waals surface area (Å²) in [4.78, 5) is 25.8. The topological polar surface area (TPSA) is 145 Å². The van der Waals surface area contributed by atoms with Crippen LogP contribution in [0.3, 0.4) is 0 Å². The Labute approximate surface area is 216 Å². The molecular weight excluding hydrogens is 483 g/mol. The molecule has 0 aromatic rings. The number of aliphatic hydroxyl groups excluding tert-OH is 5. The molecule has 5 rings (SSSR count). The van der Waals surface area contributed by atoms with Gasteiger partial charge in [-0.2, -0.15) is 0 Å². The number of carbonyl (C=O) groups is 2. The zero-order valence-corrected chi connectivity index (χ0v) is 21.8. The van der Waals surface area contributed by atoms with Gasteiger partial charge in [0.15, 0.2) is 11.5 Å². The summed E-state index contributed by atoms with van der Waals surface area (Å²) in [6, 6.07) is 0. The Bertz CT molecular complexity index is 1050. The standard InChI is InChI=1S/C28H39FO8/c1-12-7-17-16-6-5-14-8-18(32)15(25-24(36)23(35)22(34)19(11-30)37-25)9-27(14,4)28(16,29)20(33)10-26(17,3)21(12)13(2)31/h8-9,12,16-17,19-25,30,33-36H,5-7,10-11H2,1-4H3/t12?,16-,17-,19+,20?,21+,22-,23-,24+,25?,26-,27-,28?/m0/s1. The van der Waals surface area contributed by atoms with E-state index in [0.717, 1.165) is 0 Å². The monoisotopic (exact) mass is 522 g/mol. The highest BCUT2D eigenvalue weighted by molar-refractivity contribution is 6.07. The first-order valence-corrected chi connectivity index (χ1v) is 13.4. The van der Waals surface area contributed by atoms with Crippen molar-refractivity contribution >= 4 is 11.6 Å². The van der Waals surface area contributed by atoms with Gasteiger partial charge in [0, 0.05) is 22.8 Å². The van der Waals surface area contributed by atoms with Crippen LogP contribution < -0.4 is 0 Å². The predicted octanol–water partition coefficient (Wildman–Crippen LogP) is 1.02. The second-order valence-electron chi connectivity index (χ2n) is 12.6. The summed E-state index contributed by atoms with van der Waals surface area (Å²) in [5.74, 6) is -1.29. The number of alkyl halides is 1. The Balaban J connectivity index is 1.58. The van der Waals surface area contributed by atoms with Gasteiger partial charge in [-0.05, 0) is 62.9 Å². The van der Waals surface area contributed by atoms with E-state index in [2.05, 4.69) is 0 Å². The number of ether oxygens (including phenoxy) is 1. The summed E-state index contributed by atoms with van der Waals surface area (Å²) < 4.78 is 23.3. The number of hydrogen-bond acceptors (Lipinski definition) is 8. The van der Waals surface area contributed by atoms with Crippen LogP contribution in [0.5, 0.6) is 0 Å². The lowest BCUT2D eigenvalue weighted by molar-refractivity contribution is -0.220. The molecule has 0 radical (unpaired) electrons. The van der Waals surface area contributed by atoms with Crippen molar-refractivity contribution < 1.29 is 44.2 Å². The third-order valence-electron chi connectivity index (χ3n) is 10.8. The van der Waals surface area contributed by atoms with Gasteiger partial charge in [-0.15, -0.1) is 0 Å². The van der Waals surface area contributed by atoms with Crippen LogP contribution in [0, 0.1) is 34.5 Å². The first-order chi connectivity index (χ1) is 17.2. The van der Waals surface area contributed by atoms with Crippen LogP contribution in [-0.2, 0) is 14.3 Å². The van der Waals surface area contributed by atoms with Crippen molar-refractivity contribution in [3.63, 3.8) is 0 Å². The van der Waals surface area contributed by atoms with E-state index in [9.17, 15) is 35.1 Å². The minimum atomic E-state index is -2.13. The third kappa shape index (κ3) is 3.47. The number of carbonyl (C=O) groups excluding carboxylic acids is 2. The van der Waals surface area contributed by atoms with Crippen LogP contribution in [-0.4, -0.2) is 86.0 Å². The van der Waals surface area contributed by atoms with E-state index in [1.165, 1.54) is 12.2 Å². The Morgan fingerprint density at radius 2 is 1.81 bits per heavy atom. The average molecular weight is 523 g/mol. The Morgan fingerprint density at radius 3 is 2.43 bits per heavy atom. The first-order valence-electron chi connectivity index (χ1n) is 13.4. The van der Waals surface area contributed by atoms with E-state index < -0.39 is 71.4 Å². The van der Waals surface area contributed by atoms with E-state index in [4.69, 9.17) is 4.74 Å². The number of aliphatic hydroxyl groups is 5. The first kappa shape index (κ1) is 27.1. The Morgan fingerprint density at radius 1 is 1.14 bits per heavy atom. The van der Waals surface area contributed by atoms with Gasteiger partial charge in [-0.25, -0.2) is 4.39 Å². The van der Waals surface area contributed by atoms with Crippen molar-refractivity contribution in [2.45, 2.75) is 95.7 Å². The normalized spacial score (nSPS) is 53.5. The molecule has 0 bridgehead atoms. The molecule has 5 N–H and O–H groups in total. The molecule has 0 aromatic heterocycles. The van der Waals surface area contributed by atoms with E-state index in [-0.39, 0.29) is 35.5 Å². The maximum atomic E-state index is 17.7. The summed E-state index contributed by atoms with van der Waals surface area (Å²) >= 11 is 0. The van der Waals surface area contributed by atoms with Crippen molar-refractivity contribution in [3.8, 4) is 0 Å². The van der Waals surface area contributed by atoms with Crippen molar-refractivity contribution in [2.75, 3.05) is 6.61 Å². The lowest BCUT2D eigenvalue weighted by atomic mass is 9.44. The minimum absolute atomic E-state index is 0.0618. The lowest BCUT2D eigenvalue weighted by Crippen LogP contribution is -2.67. The largest absolute Gasteiger partial charge is 0.394 e. The molecule has 0 aromatic carbocycles. The second-order valence-corrected chi connectivity index (χ2v) is 12.6. The van der Waals surface area contributed by atoms with Crippen LogP contribution >= 0.6 is 0 Å². The zero-order chi connectivity index (χ0) is 27.2. The molecule has 4 unspecified atom stereocenters. The number of fused-ring (bicyclic) bond motifs is 5. The Hall–Kier alpha value is -1.49. The second kappa shape index (κ2) is 8.76. The SMILES string of the molecule is CC(=O)[C@H]1C(C)C[C@H]2[C@@H]3CCC4=CC(=O)C(C5O[C@H](CO)[C@H](O)[C@H](O)[C@H]5O)=C[C@]4(C)C3(F)C(O)C[C@]12C. The van der Waals surface area contributed by atoms with Gasteiger partial charge in [0.05, 0.1) is 12.7 Å². The molecule has 3 saturated carbocycles. The Kier molecular flexibility index (Phi) is 6.41. The highest BCUT2D eigenvalue weighted by Gasteiger charge is 2.72. The molecule has 8 nitrogen and oxygen atoms in total. The maximum Gasteiger partial charge on any atom is 0.184 e. The molecule has 0 amide bonds. The number of Topliss-reactive ketones (excluding diaryl/α,β-unsaturated/α-hetero) is 1. The van der Waals surface area contributed by atoms with E-state index in [0.29, 0.717) is 24.8 Å². The van der Waals surface area contributed by atoms with E-state index in [1.807, 2.05) is 13.8 Å². The maximum absolute atomic E-state index is 17.7. The van der Waals surface area contributed by atoms with Crippen LogP contribution in [0.2, 0.25) is 0 Å². The van der Waals surface area contributed by atoms with Gasteiger partial charge in [-0.1, -0.05) is 25.5 Å². The predicted molar refractivity (Wildman–Crippen MR) is 130 cm³/mol. The van der Waals surface area contributed by atoms with Crippen molar-refractivity contribution in [1.82, 2.24) is 0 Å². The highest BCUT2D eigenvalue weighted by atomic mass is 19.1. The molecule has 1 saturated heterocycles. The summed E-state index contributed by atoms with van der Waals surface area (Å²) in [6.45, 7) is 6.61. The fourth-order valence-corrected chi connectivity index (χ4v) is 9.15. The fraction of sp³-hybridized carbons (Fsp3) is 0.786. The van der Waals surface area contributed by atoms with Crippen molar-refractivity contribution in [2.24, 2.45) is 34.5 Å². The molecule has 5 aliphatic rings. The summed E-state index contributed by atoms with van der Waals surface area (Å²) in [5, 5.41) is 52.3. The van der Waals surface area contributed by atoms with Crippen molar-refractivity contribution in [3.05, 3.63) is 23.3 Å². The molecule has 4 aliphatic carbocycles. The molecule has 1 aliphatic heterocycles. The average Bonchev–Trinajstić information content (AvgIpc) is 3.09. The number of allylic oxidation sites excluding steroid dienone is 3. The number of hydrogen-bond donors (Lipinski definition) is 5. The number of ketones is 2. The van der Waals surface area contributed by atoms with E-state index >= 15 is 4.39 Å². The molecule has 0 spiro atoms. The third-order valence-corrected chi connectivity index (χ3v) is 10.8. The molecular formula is C28H39FO8. The van der Waals surface area contributed by atoms with Crippen LogP contribution in [0.25, 0.3) is 0 Å². The lowest BCUT2D eigenvalue weighted by Gasteiger charge is -2.62. The van der Waals surface area contributed by atoms with Crippen molar-refractivity contribution in [1.29, 1.82) is 0 Å². The fourth-order valence-electron chi connectivity index (χ4n) is 9.15. The molecule has 206 valence electrons. The zero-order valence-electron chi connectivity index (χ0n) is 21.8. The van der Waals surface area contributed by atoms with Gasteiger partial charge in [0.2, 0.25) is 0 Å². The molecule has 37 heavy (non-hydrogen) atoms. The molecule has 13 atom stereocenters. The summed E-state index contributed by atoms with van der Waals surface area (Å²) in [6.07, 6.45) is -4.42. The smallest absolute Gasteiger partial charge is 0.184 e. The van der Waals surface area contributed by atoms with E-state index in [1.54, 1.807) is 13.8 Å². The molecule has 4 fully saturated rings. The van der Waals surface area contributed by atoms with Gasteiger partial charge in [0.1, 0.15) is 36.3 Å². The summed E-state index contributed by atoms with van der Waals surface area (Å²) in [7, 11) is 0. The van der Waals surface area contributed by atoms with Gasteiger partial charge in [-0.3, -0.25) is 9.59 Å². The minimum Gasteiger partial charge on any atom is -0.394 e. The summed E-state index contributed by atoms with van der Waals surface area (Å²) in [5.41, 5.74) is -3.57. The number of rotatable bonds is 3. The number of halogens is 1. The van der Waals surface area contributed by atoms with Gasteiger partial charge < -0.3 is 30.3 Å². The van der Waals surface area contributed by atoms with Crippen LogP contribution in [0.4, 0.5) is 4.39 Å². The van der Waals surface area contributed by atoms with Crippen LogP contribution in [0.1, 0.15) is 53.4 Å². The highest BCUT2D eigenvalue weighted by Crippen LogP contribution is 2.70. The molecule has 9 heteroatoms. The van der Waals surface area contributed by atoms with Gasteiger partial charge >= 0.3 is 0 Å². The van der Waals surface area contributed by atoms with Gasteiger partial charge in [0.25, 0.3) is 0 Å². The quantitative estimate of drug-likeness (QED) is 0.370. The van der Waals surface area contributed by atoms with Crippen LogP contribution in [0.15, 0.2) is 23.3 Å². The molecule has 1 heterocycles.